The van der Waals surface area contributed by atoms with E-state index >= 15 is 0 Å². The molecule has 1 aromatic carbocycles. The van der Waals surface area contributed by atoms with Crippen LogP contribution >= 0.6 is 0 Å². The van der Waals surface area contributed by atoms with E-state index in [1.807, 2.05) is 0 Å². The van der Waals surface area contributed by atoms with Crippen LogP contribution in [0.3, 0.4) is 0 Å². The molecule has 0 radical (unpaired) electrons. The van der Waals surface area contributed by atoms with Crippen LogP contribution in [-0.4, -0.2) is 43.2 Å². The molecule has 2 aliphatic rings. The van der Waals surface area contributed by atoms with Crippen molar-refractivity contribution in [3.05, 3.63) is 18.2 Å². The van der Waals surface area contributed by atoms with Crippen molar-refractivity contribution in [3.8, 4) is 11.5 Å². The lowest BCUT2D eigenvalue weighted by Gasteiger charge is -2.37. The number of halogens is 2. The zero-order valence-electron chi connectivity index (χ0n) is 9.99. The molecule has 1 N–H and O–H groups in total. The van der Waals surface area contributed by atoms with Gasteiger partial charge in [0.1, 0.15) is 0 Å². The first kappa shape index (κ1) is 12.2. The fraction of sp³-hybridized carbons (Fsp3) is 0.417. The summed E-state index contributed by atoms with van der Waals surface area (Å²) in [6.45, 7) is -0.595. The van der Waals surface area contributed by atoms with Gasteiger partial charge in [-0.3, -0.25) is 9.69 Å². The first-order chi connectivity index (χ1) is 9.02. The summed E-state index contributed by atoms with van der Waals surface area (Å²) in [5.41, 5.74) is 0.557. The number of carbonyl (C=O) groups is 1. The van der Waals surface area contributed by atoms with E-state index in [4.69, 9.17) is 9.47 Å². The van der Waals surface area contributed by atoms with Gasteiger partial charge in [0.2, 0.25) is 12.7 Å². The van der Waals surface area contributed by atoms with Crippen molar-refractivity contribution in [3.63, 3.8) is 0 Å². The highest BCUT2D eigenvalue weighted by atomic mass is 19.3. The number of fused-ring (bicyclic) bond motifs is 1. The molecule has 0 atom stereocenters. The molecule has 5 nitrogen and oxygen atoms in total. The van der Waals surface area contributed by atoms with Crippen molar-refractivity contribution in [1.82, 2.24) is 4.90 Å². The van der Waals surface area contributed by atoms with Gasteiger partial charge in [-0.2, -0.15) is 0 Å². The third-order valence-corrected chi connectivity index (χ3v) is 2.93. The van der Waals surface area contributed by atoms with Crippen molar-refractivity contribution in [2.45, 2.75) is 5.92 Å². The van der Waals surface area contributed by atoms with Crippen molar-refractivity contribution < 1.29 is 23.0 Å². The standard InChI is InChI=1S/C12H12F2N2O3/c13-12(14)5-16(6-12)4-11(17)15-8-1-2-9-10(3-8)19-7-18-9/h1-3H,4-7H2,(H,15,17). The molecule has 19 heavy (non-hydrogen) atoms. The van der Waals surface area contributed by atoms with Crippen LogP contribution in [0.4, 0.5) is 14.5 Å². The van der Waals surface area contributed by atoms with E-state index in [9.17, 15) is 13.6 Å². The van der Waals surface area contributed by atoms with E-state index in [-0.39, 0.29) is 32.3 Å². The second-order valence-corrected chi connectivity index (χ2v) is 4.62. The number of anilines is 1. The zero-order valence-corrected chi connectivity index (χ0v) is 9.99. The quantitative estimate of drug-likeness (QED) is 0.899. The molecule has 3 rings (SSSR count). The van der Waals surface area contributed by atoms with E-state index in [0.717, 1.165) is 0 Å². The highest BCUT2D eigenvalue weighted by molar-refractivity contribution is 5.92. The number of hydrogen-bond donors (Lipinski definition) is 1. The number of ether oxygens (including phenoxy) is 2. The summed E-state index contributed by atoms with van der Waals surface area (Å²) in [5.74, 6) is -1.79. The maximum absolute atomic E-state index is 12.6. The smallest absolute Gasteiger partial charge is 0.272 e. The van der Waals surface area contributed by atoms with Gasteiger partial charge in [-0.05, 0) is 12.1 Å². The van der Waals surface area contributed by atoms with Gasteiger partial charge >= 0.3 is 0 Å². The largest absolute Gasteiger partial charge is 0.454 e. The molecule has 7 heteroatoms. The number of hydrogen-bond acceptors (Lipinski definition) is 4. The molecule has 0 unspecified atom stereocenters. The van der Waals surface area contributed by atoms with Crippen molar-refractivity contribution in [2.24, 2.45) is 0 Å². The number of rotatable bonds is 3. The lowest BCUT2D eigenvalue weighted by molar-refractivity contribution is -0.141. The summed E-state index contributed by atoms with van der Waals surface area (Å²) >= 11 is 0. The SMILES string of the molecule is O=C(CN1CC(F)(F)C1)Nc1ccc2c(c1)OCO2. The minimum absolute atomic E-state index is 0.0377. The van der Waals surface area contributed by atoms with Gasteiger partial charge < -0.3 is 14.8 Å². The van der Waals surface area contributed by atoms with Crippen LogP contribution < -0.4 is 14.8 Å². The van der Waals surface area contributed by atoms with Gasteiger partial charge in [-0.1, -0.05) is 0 Å². The Labute approximate surface area is 108 Å². The Morgan fingerprint density at radius 2 is 2.05 bits per heavy atom. The molecule has 1 fully saturated rings. The van der Waals surface area contributed by atoms with Crippen LogP contribution in [0.25, 0.3) is 0 Å². The van der Waals surface area contributed by atoms with E-state index in [2.05, 4.69) is 5.32 Å². The summed E-state index contributed by atoms with van der Waals surface area (Å²) in [6.07, 6.45) is 0. The topological polar surface area (TPSA) is 50.8 Å². The monoisotopic (exact) mass is 270 g/mol. The van der Waals surface area contributed by atoms with Gasteiger partial charge in [0, 0.05) is 11.8 Å². The molecule has 2 aliphatic heterocycles. The summed E-state index contributed by atoms with van der Waals surface area (Å²) in [7, 11) is 0. The summed E-state index contributed by atoms with van der Waals surface area (Å²) in [4.78, 5) is 13.0. The van der Waals surface area contributed by atoms with Crippen LogP contribution in [0.5, 0.6) is 11.5 Å². The van der Waals surface area contributed by atoms with E-state index in [0.29, 0.717) is 17.2 Å². The third-order valence-electron chi connectivity index (χ3n) is 2.93. The molecule has 102 valence electrons. The molecule has 1 aromatic rings. The highest BCUT2D eigenvalue weighted by Crippen LogP contribution is 2.34. The van der Waals surface area contributed by atoms with Gasteiger partial charge in [-0.15, -0.1) is 0 Å². The normalized spacial score (nSPS) is 19.9. The molecule has 1 saturated heterocycles. The Kier molecular flexibility index (Phi) is 2.78. The lowest BCUT2D eigenvalue weighted by Crippen LogP contribution is -2.57. The van der Waals surface area contributed by atoms with Crippen LogP contribution in [0.2, 0.25) is 0 Å². The molecule has 0 saturated carbocycles. The molecule has 0 aromatic heterocycles. The van der Waals surface area contributed by atoms with Gasteiger partial charge in [-0.25, -0.2) is 8.78 Å². The number of carbonyl (C=O) groups excluding carboxylic acids is 1. The number of alkyl halides is 2. The number of nitrogens with zero attached hydrogens (tertiary/aromatic N) is 1. The van der Waals surface area contributed by atoms with Crippen LogP contribution in [-0.2, 0) is 4.79 Å². The predicted molar refractivity (Wildman–Crippen MR) is 62.6 cm³/mol. The minimum atomic E-state index is -2.65. The van der Waals surface area contributed by atoms with E-state index in [1.165, 1.54) is 4.90 Å². The molecule has 1 amide bonds. The summed E-state index contributed by atoms with van der Waals surface area (Å²) in [6, 6.07) is 5.01. The van der Waals surface area contributed by atoms with Gasteiger partial charge in [0.15, 0.2) is 11.5 Å². The Morgan fingerprint density at radius 1 is 1.32 bits per heavy atom. The summed E-state index contributed by atoms with van der Waals surface area (Å²) < 4.78 is 35.5. The average Bonchev–Trinajstić information content (AvgIpc) is 2.73. The summed E-state index contributed by atoms with van der Waals surface area (Å²) in [5, 5.41) is 2.64. The van der Waals surface area contributed by atoms with E-state index < -0.39 is 5.92 Å². The molecule has 2 heterocycles. The number of amides is 1. The van der Waals surface area contributed by atoms with Gasteiger partial charge in [0.05, 0.1) is 19.6 Å². The minimum Gasteiger partial charge on any atom is -0.454 e. The Bertz CT molecular complexity index is 514. The van der Waals surface area contributed by atoms with Crippen LogP contribution in [0, 0.1) is 0 Å². The first-order valence-electron chi connectivity index (χ1n) is 5.82. The zero-order chi connectivity index (χ0) is 13.5. The highest BCUT2D eigenvalue weighted by Gasteiger charge is 2.44. The second kappa shape index (κ2) is 4.34. The molecule has 0 bridgehead atoms. The van der Waals surface area contributed by atoms with Crippen LogP contribution in [0.15, 0.2) is 18.2 Å². The average molecular weight is 270 g/mol. The Balaban J connectivity index is 1.55. The number of nitrogens with one attached hydrogen (secondary N) is 1. The number of likely N-dealkylation sites (tertiary alicyclic amines) is 1. The predicted octanol–water partition coefficient (Wildman–Crippen LogP) is 1.30. The third kappa shape index (κ3) is 2.60. The molecular formula is C12H12F2N2O3. The number of benzene rings is 1. The van der Waals surface area contributed by atoms with E-state index in [1.54, 1.807) is 18.2 Å². The molecule has 0 spiro atoms. The Hall–Kier alpha value is -1.89. The van der Waals surface area contributed by atoms with Crippen molar-refractivity contribution >= 4 is 11.6 Å². The maximum atomic E-state index is 12.6. The fourth-order valence-electron chi connectivity index (χ4n) is 2.10. The van der Waals surface area contributed by atoms with Crippen LogP contribution in [0.1, 0.15) is 0 Å². The first-order valence-corrected chi connectivity index (χ1v) is 5.82. The molecule has 0 aliphatic carbocycles. The molecular weight excluding hydrogens is 258 g/mol. The van der Waals surface area contributed by atoms with Crippen molar-refractivity contribution in [2.75, 3.05) is 31.7 Å². The van der Waals surface area contributed by atoms with Gasteiger partial charge in [0.25, 0.3) is 5.92 Å². The maximum Gasteiger partial charge on any atom is 0.272 e. The Morgan fingerprint density at radius 3 is 2.79 bits per heavy atom. The van der Waals surface area contributed by atoms with Crippen molar-refractivity contribution in [1.29, 1.82) is 0 Å². The second-order valence-electron chi connectivity index (χ2n) is 4.62. The lowest BCUT2D eigenvalue weighted by atomic mass is 10.1. The fourth-order valence-corrected chi connectivity index (χ4v) is 2.10.